The van der Waals surface area contributed by atoms with Gasteiger partial charge in [0.2, 0.25) is 0 Å². The summed E-state index contributed by atoms with van der Waals surface area (Å²) in [6.07, 6.45) is 0.299. The molecule has 0 saturated heterocycles. The Kier molecular flexibility index (Phi) is 5.83. The average Bonchev–Trinajstić information content (AvgIpc) is 3.17. The first-order valence-corrected chi connectivity index (χ1v) is 10.1. The number of nitrogens with zero attached hydrogens (tertiary/aromatic N) is 4. The van der Waals surface area contributed by atoms with Gasteiger partial charge in [-0.1, -0.05) is 54.6 Å². The molecule has 4 rings (SSSR count). The maximum atomic E-state index is 13.4. The first kappa shape index (κ1) is 20.8. The lowest BCUT2D eigenvalue weighted by atomic mass is 10.1. The Labute approximate surface area is 178 Å². The molecule has 0 atom stereocenters. The standard InChI is InChI=1S/C23H24N4O4/c1-25-21-19(22(30)26(23(25)31)12-7-13-28)27(14-16-8-3-2-4-9-16)20(24-21)18-11-6-5-10-17(18)15-29/h2-6,8-11,28-29H,7,12-15H2,1H3. The van der Waals surface area contributed by atoms with Crippen molar-refractivity contribution in [2.24, 2.45) is 7.05 Å². The lowest BCUT2D eigenvalue weighted by Gasteiger charge is -2.12. The number of imidazole rings is 1. The summed E-state index contributed by atoms with van der Waals surface area (Å²) in [5.41, 5.74) is 2.03. The molecule has 8 heteroatoms. The highest BCUT2D eigenvalue weighted by atomic mass is 16.3. The third-order valence-electron chi connectivity index (χ3n) is 5.38. The Balaban J connectivity index is 2.06. The molecule has 0 amide bonds. The van der Waals surface area contributed by atoms with Crippen LogP contribution in [0.5, 0.6) is 0 Å². The van der Waals surface area contributed by atoms with Gasteiger partial charge in [0.15, 0.2) is 11.2 Å². The van der Waals surface area contributed by atoms with Gasteiger partial charge in [-0.05, 0) is 17.5 Å². The molecular formula is C23H24N4O4. The molecule has 4 aromatic rings. The van der Waals surface area contributed by atoms with Crippen LogP contribution in [0.15, 0.2) is 64.2 Å². The van der Waals surface area contributed by atoms with Crippen molar-refractivity contribution < 1.29 is 10.2 Å². The fraction of sp³-hybridized carbons (Fsp3) is 0.261. The molecule has 31 heavy (non-hydrogen) atoms. The molecule has 8 nitrogen and oxygen atoms in total. The van der Waals surface area contributed by atoms with Gasteiger partial charge >= 0.3 is 5.69 Å². The average molecular weight is 420 g/mol. The fourth-order valence-electron chi connectivity index (χ4n) is 3.80. The summed E-state index contributed by atoms with van der Waals surface area (Å²) in [6, 6.07) is 17.0. The van der Waals surface area contributed by atoms with Crippen molar-refractivity contribution in [3.8, 4) is 11.4 Å². The second-order valence-electron chi connectivity index (χ2n) is 7.37. The van der Waals surface area contributed by atoms with E-state index < -0.39 is 11.2 Å². The summed E-state index contributed by atoms with van der Waals surface area (Å²) in [5.74, 6) is 0.510. The first-order chi connectivity index (χ1) is 15.1. The maximum absolute atomic E-state index is 13.4. The van der Waals surface area contributed by atoms with Crippen molar-refractivity contribution in [2.75, 3.05) is 6.61 Å². The van der Waals surface area contributed by atoms with Gasteiger partial charge in [-0.3, -0.25) is 13.9 Å². The summed E-state index contributed by atoms with van der Waals surface area (Å²) < 4.78 is 4.31. The second kappa shape index (κ2) is 8.71. The number of hydrogen-bond acceptors (Lipinski definition) is 5. The Morgan fingerprint density at radius 1 is 0.935 bits per heavy atom. The molecule has 0 aliphatic heterocycles. The number of aliphatic hydroxyl groups excluding tert-OH is 2. The minimum atomic E-state index is -0.475. The first-order valence-electron chi connectivity index (χ1n) is 10.1. The van der Waals surface area contributed by atoms with Crippen LogP contribution in [0.25, 0.3) is 22.6 Å². The van der Waals surface area contributed by atoms with Crippen LogP contribution in [0.1, 0.15) is 17.5 Å². The number of fused-ring (bicyclic) bond motifs is 1. The van der Waals surface area contributed by atoms with Gasteiger partial charge in [0.05, 0.1) is 6.61 Å². The molecule has 0 fully saturated rings. The van der Waals surface area contributed by atoms with E-state index in [1.165, 1.54) is 4.57 Å². The maximum Gasteiger partial charge on any atom is 0.332 e. The number of aliphatic hydroxyl groups is 2. The molecule has 2 aromatic heterocycles. The normalized spacial score (nSPS) is 11.3. The van der Waals surface area contributed by atoms with E-state index in [1.807, 2.05) is 48.5 Å². The quantitative estimate of drug-likeness (QED) is 0.472. The van der Waals surface area contributed by atoms with Gasteiger partial charge in [0.25, 0.3) is 5.56 Å². The highest BCUT2D eigenvalue weighted by Gasteiger charge is 2.22. The molecule has 2 heterocycles. The van der Waals surface area contributed by atoms with Crippen LogP contribution in [-0.4, -0.2) is 35.5 Å². The van der Waals surface area contributed by atoms with E-state index in [9.17, 15) is 19.8 Å². The topological polar surface area (TPSA) is 102 Å². The SMILES string of the molecule is Cn1c(=O)n(CCCO)c(=O)c2c1nc(-c1ccccc1CO)n2Cc1ccccc1. The molecule has 0 aliphatic rings. The van der Waals surface area contributed by atoms with Gasteiger partial charge in [0.1, 0.15) is 5.82 Å². The lowest BCUT2D eigenvalue weighted by Crippen LogP contribution is -2.39. The van der Waals surface area contributed by atoms with Crippen molar-refractivity contribution >= 4 is 11.2 Å². The number of aromatic nitrogens is 4. The minimum Gasteiger partial charge on any atom is -0.396 e. The summed E-state index contributed by atoms with van der Waals surface area (Å²) in [5, 5.41) is 19.0. The van der Waals surface area contributed by atoms with Crippen LogP contribution < -0.4 is 11.2 Å². The molecule has 0 aliphatic carbocycles. The van der Waals surface area contributed by atoms with Crippen molar-refractivity contribution in [2.45, 2.75) is 26.1 Å². The Morgan fingerprint density at radius 2 is 1.65 bits per heavy atom. The monoisotopic (exact) mass is 420 g/mol. The summed E-state index contributed by atoms with van der Waals surface area (Å²) in [4.78, 5) is 30.9. The summed E-state index contributed by atoms with van der Waals surface area (Å²) >= 11 is 0. The minimum absolute atomic E-state index is 0.119. The van der Waals surface area contributed by atoms with Crippen LogP contribution in [0.3, 0.4) is 0 Å². The van der Waals surface area contributed by atoms with E-state index in [-0.39, 0.29) is 25.4 Å². The predicted octanol–water partition coefficient (Wildman–Crippen LogP) is 1.49. The Bertz CT molecular complexity index is 1340. The molecule has 0 saturated carbocycles. The number of benzene rings is 2. The van der Waals surface area contributed by atoms with E-state index in [4.69, 9.17) is 0 Å². The molecular weight excluding hydrogens is 396 g/mol. The van der Waals surface area contributed by atoms with Crippen molar-refractivity contribution in [1.82, 2.24) is 18.7 Å². The van der Waals surface area contributed by atoms with E-state index >= 15 is 0 Å². The van der Waals surface area contributed by atoms with Crippen molar-refractivity contribution in [3.63, 3.8) is 0 Å². The van der Waals surface area contributed by atoms with Crippen LogP contribution in [0, 0.1) is 0 Å². The summed E-state index contributed by atoms with van der Waals surface area (Å²) in [7, 11) is 1.58. The highest BCUT2D eigenvalue weighted by molar-refractivity contribution is 5.78. The van der Waals surface area contributed by atoms with Gasteiger partial charge in [-0.25, -0.2) is 9.78 Å². The lowest BCUT2D eigenvalue weighted by molar-refractivity contribution is 0.277. The largest absolute Gasteiger partial charge is 0.396 e. The zero-order valence-electron chi connectivity index (χ0n) is 17.2. The van der Waals surface area contributed by atoms with Crippen LogP contribution in [-0.2, 0) is 26.7 Å². The van der Waals surface area contributed by atoms with Crippen LogP contribution >= 0.6 is 0 Å². The Hall–Kier alpha value is -3.49. The molecule has 2 aromatic carbocycles. The van der Waals surface area contributed by atoms with E-state index in [0.717, 1.165) is 10.1 Å². The molecule has 160 valence electrons. The van der Waals surface area contributed by atoms with Gasteiger partial charge < -0.3 is 14.8 Å². The van der Waals surface area contributed by atoms with Crippen molar-refractivity contribution in [3.05, 3.63) is 86.6 Å². The van der Waals surface area contributed by atoms with E-state index in [2.05, 4.69) is 4.98 Å². The zero-order valence-corrected chi connectivity index (χ0v) is 17.2. The molecule has 0 unspecified atom stereocenters. The van der Waals surface area contributed by atoms with Gasteiger partial charge in [-0.15, -0.1) is 0 Å². The third-order valence-corrected chi connectivity index (χ3v) is 5.38. The fourth-order valence-corrected chi connectivity index (χ4v) is 3.80. The smallest absolute Gasteiger partial charge is 0.332 e. The highest BCUT2D eigenvalue weighted by Crippen LogP contribution is 2.27. The van der Waals surface area contributed by atoms with Crippen molar-refractivity contribution in [1.29, 1.82) is 0 Å². The van der Waals surface area contributed by atoms with Crippen LogP contribution in [0.4, 0.5) is 0 Å². The third kappa shape index (κ3) is 3.71. The summed E-state index contributed by atoms with van der Waals surface area (Å²) in [6.45, 7) is 0.202. The van der Waals surface area contributed by atoms with E-state index in [1.54, 1.807) is 17.7 Å². The number of aryl methyl sites for hydroxylation is 1. The van der Waals surface area contributed by atoms with Crippen LogP contribution in [0.2, 0.25) is 0 Å². The van der Waals surface area contributed by atoms with Gasteiger partial charge in [0, 0.05) is 32.3 Å². The van der Waals surface area contributed by atoms with Gasteiger partial charge in [-0.2, -0.15) is 0 Å². The predicted molar refractivity (Wildman–Crippen MR) is 118 cm³/mol. The number of hydrogen-bond donors (Lipinski definition) is 2. The molecule has 0 radical (unpaired) electrons. The molecule has 0 spiro atoms. The molecule has 0 bridgehead atoms. The second-order valence-corrected chi connectivity index (χ2v) is 7.37. The van der Waals surface area contributed by atoms with E-state index in [0.29, 0.717) is 35.4 Å². The molecule has 2 N–H and O–H groups in total. The zero-order chi connectivity index (χ0) is 22.0. The Morgan fingerprint density at radius 3 is 2.35 bits per heavy atom. The number of rotatable bonds is 7.